The Labute approximate surface area is 99.1 Å². The summed E-state index contributed by atoms with van der Waals surface area (Å²) in [5.74, 6) is 0. The standard InChI is InChI=1S/Al.La.Li.Na. The molecule has 0 aliphatic heterocycles. The minimum Gasteiger partial charge on any atom is 0 e. The van der Waals surface area contributed by atoms with E-state index < -0.39 is 0 Å². The topological polar surface area (TPSA) is 0 Å². The molecule has 6 radical (unpaired) electrons. The van der Waals surface area contributed by atoms with Crippen molar-refractivity contribution in [3.05, 3.63) is 0 Å². The maximum atomic E-state index is 0. The van der Waals surface area contributed by atoms with Gasteiger partial charge < -0.3 is 0 Å². The van der Waals surface area contributed by atoms with Crippen LogP contribution in [0.25, 0.3) is 0 Å². The molecule has 0 saturated carbocycles. The second-order valence-electron chi connectivity index (χ2n) is 0. The van der Waals surface area contributed by atoms with Crippen LogP contribution in [0.15, 0.2) is 0 Å². The van der Waals surface area contributed by atoms with Gasteiger partial charge in [0.1, 0.15) is 0 Å². The van der Waals surface area contributed by atoms with E-state index in [0.717, 1.165) is 0 Å². The molecule has 8 valence electrons. The van der Waals surface area contributed by atoms with Crippen molar-refractivity contribution >= 4 is 65.8 Å². The van der Waals surface area contributed by atoms with Crippen LogP contribution in [0.1, 0.15) is 0 Å². The van der Waals surface area contributed by atoms with Gasteiger partial charge in [-0.3, -0.25) is 0 Å². The van der Waals surface area contributed by atoms with Gasteiger partial charge in [-0.1, -0.05) is 0 Å². The van der Waals surface area contributed by atoms with Gasteiger partial charge in [0.15, 0.2) is 0 Å². The van der Waals surface area contributed by atoms with E-state index >= 15 is 0 Å². The van der Waals surface area contributed by atoms with Crippen LogP contribution in [0.4, 0.5) is 0 Å². The molecule has 4 heteroatoms. The van der Waals surface area contributed by atoms with Crippen LogP contribution in [0.3, 0.4) is 0 Å². The van der Waals surface area contributed by atoms with Gasteiger partial charge in [-0.15, -0.1) is 0 Å². The average molecular weight is 196 g/mol. The monoisotopic (exact) mass is 196 g/mol. The smallest absolute Gasteiger partial charge is 0 e. The summed E-state index contributed by atoms with van der Waals surface area (Å²) in [5, 5.41) is 0. The van der Waals surface area contributed by atoms with Crippen molar-refractivity contribution in [3.63, 3.8) is 0 Å². The molecule has 0 aromatic rings. The molecule has 0 saturated heterocycles. The Morgan fingerprint density at radius 3 is 1.00 bits per heavy atom. The molecule has 0 aliphatic carbocycles. The summed E-state index contributed by atoms with van der Waals surface area (Å²) in [6.07, 6.45) is 0. The maximum Gasteiger partial charge on any atom is 0 e. The third-order valence-corrected chi connectivity index (χ3v) is 0. The first kappa shape index (κ1) is 26.5. The van der Waals surface area contributed by atoms with Crippen molar-refractivity contribution < 1.29 is 35.6 Å². The molecule has 0 rings (SSSR count). The summed E-state index contributed by atoms with van der Waals surface area (Å²) >= 11 is 0. The van der Waals surface area contributed by atoms with Crippen LogP contribution in [0, 0.1) is 35.6 Å². The molecule has 0 unspecified atom stereocenters. The molecule has 0 bridgehead atoms. The van der Waals surface area contributed by atoms with Crippen molar-refractivity contribution in [2.45, 2.75) is 0 Å². The van der Waals surface area contributed by atoms with E-state index in [4.69, 9.17) is 0 Å². The number of hydrogen-bond acceptors (Lipinski definition) is 0. The zero-order valence-corrected chi connectivity index (χ0v) is 9.94. The maximum absolute atomic E-state index is 0. The first-order valence-electron chi connectivity index (χ1n) is 0. The van der Waals surface area contributed by atoms with Crippen molar-refractivity contribution in [1.82, 2.24) is 0 Å². The second-order valence-corrected chi connectivity index (χ2v) is 0. The van der Waals surface area contributed by atoms with Gasteiger partial charge in [0, 0.05) is 101 Å². The molecule has 0 aromatic carbocycles. The molecule has 0 N–H and O–H groups in total. The Morgan fingerprint density at radius 2 is 1.00 bits per heavy atom. The summed E-state index contributed by atoms with van der Waals surface area (Å²) in [5.41, 5.74) is 0. The fraction of sp³-hybridized carbons (Fsp3) is 0. The zero-order valence-electron chi connectivity index (χ0n) is 3.15. The summed E-state index contributed by atoms with van der Waals surface area (Å²) < 4.78 is 0. The predicted molar refractivity (Wildman–Crippen MR) is 17.3 cm³/mol. The second kappa shape index (κ2) is 16.2. The van der Waals surface area contributed by atoms with E-state index in [1.165, 1.54) is 0 Å². The molecule has 0 heterocycles. The number of rotatable bonds is 0. The first-order chi connectivity index (χ1) is 0. The van der Waals surface area contributed by atoms with Gasteiger partial charge in [-0.2, -0.15) is 0 Å². The largest absolute Gasteiger partial charge is 0 e. The van der Waals surface area contributed by atoms with Crippen LogP contribution in [-0.4, -0.2) is 65.8 Å². The van der Waals surface area contributed by atoms with Gasteiger partial charge in [-0.25, -0.2) is 0 Å². The first-order valence-corrected chi connectivity index (χ1v) is 0. The van der Waals surface area contributed by atoms with E-state index in [2.05, 4.69) is 0 Å². The quantitative estimate of drug-likeness (QED) is 0.429. The summed E-state index contributed by atoms with van der Waals surface area (Å²) in [4.78, 5) is 0. The minimum absolute atomic E-state index is 0. The van der Waals surface area contributed by atoms with Gasteiger partial charge in [-0.05, 0) is 0 Å². The van der Waals surface area contributed by atoms with Crippen molar-refractivity contribution in [1.29, 1.82) is 0 Å². The Kier molecular flexibility index (Phi) is 108. The fourth-order valence-electron chi connectivity index (χ4n) is 0. The molecule has 0 spiro atoms. The van der Waals surface area contributed by atoms with E-state index in [9.17, 15) is 0 Å². The van der Waals surface area contributed by atoms with Crippen molar-refractivity contribution in [2.24, 2.45) is 0 Å². The van der Waals surface area contributed by atoms with Gasteiger partial charge in [0.25, 0.3) is 0 Å². The van der Waals surface area contributed by atoms with Crippen LogP contribution in [-0.2, 0) is 0 Å². The van der Waals surface area contributed by atoms with E-state index in [1.807, 2.05) is 0 Å². The van der Waals surface area contributed by atoms with Gasteiger partial charge >= 0.3 is 0 Å². The van der Waals surface area contributed by atoms with Gasteiger partial charge in [0.05, 0.1) is 0 Å². The van der Waals surface area contributed by atoms with Crippen molar-refractivity contribution in [3.8, 4) is 0 Å². The average Bonchev–Trinajstić information content (AvgIpc) is 0. The SMILES string of the molecule is [Al].[La].[Li].[Na]. The van der Waals surface area contributed by atoms with Crippen molar-refractivity contribution in [2.75, 3.05) is 0 Å². The minimum atomic E-state index is 0. The molecule has 0 amide bonds. The molecular formula is AlLaLiNa. The summed E-state index contributed by atoms with van der Waals surface area (Å²) in [6.45, 7) is 0. The third-order valence-electron chi connectivity index (χ3n) is 0. The molecule has 0 nitrogen and oxygen atoms in total. The van der Waals surface area contributed by atoms with Gasteiger partial charge in [0.2, 0.25) is 0 Å². The summed E-state index contributed by atoms with van der Waals surface area (Å²) in [7, 11) is 0. The van der Waals surface area contributed by atoms with E-state index in [0.29, 0.717) is 0 Å². The molecular weight excluding hydrogens is 196 g/mol. The molecule has 0 aromatic heterocycles. The fourth-order valence-corrected chi connectivity index (χ4v) is 0. The van der Waals surface area contributed by atoms with E-state index in [1.54, 1.807) is 0 Å². The predicted octanol–water partition coefficient (Wildman–Crippen LogP) is -1.14. The Bertz CT molecular complexity index is 8.00. The van der Waals surface area contributed by atoms with E-state index in [-0.39, 0.29) is 101 Å². The van der Waals surface area contributed by atoms with Crippen LogP contribution in [0.5, 0.6) is 0 Å². The van der Waals surface area contributed by atoms with Crippen LogP contribution in [0.2, 0.25) is 0 Å². The van der Waals surface area contributed by atoms with Crippen LogP contribution < -0.4 is 0 Å². The normalized spacial score (nSPS) is 0. The zero-order chi connectivity index (χ0) is 0. The third kappa shape index (κ3) is 9.01. The van der Waals surface area contributed by atoms with Crippen LogP contribution >= 0.6 is 0 Å². The Hall–Kier alpha value is 3.32. The molecule has 0 atom stereocenters. The number of hydrogen-bond donors (Lipinski definition) is 0. The molecule has 0 aliphatic rings. The molecule has 0 fully saturated rings. The summed E-state index contributed by atoms with van der Waals surface area (Å²) in [6, 6.07) is 0. The molecule has 4 heavy (non-hydrogen) atoms. The Morgan fingerprint density at radius 1 is 1.00 bits per heavy atom. The Balaban J connectivity index is 0.